The van der Waals surface area contributed by atoms with Crippen molar-refractivity contribution in [3.63, 3.8) is 0 Å². The zero-order chi connectivity index (χ0) is 21.1. The number of unbranched alkanes of at least 4 members (excludes halogenated alkanes) is 1. The van der Waals surface area contributed by atoms with E-state index in [-0.39, 0.29) is 6.42 Å². The van der Waals surface area contributed by atoms with Crippen LogP contribution in [0.3, 0.4) is 0 Å². The van der Waals surface area contributed by atoms with Crippen LogP contribution >= 0.6 is 0 Å². The van der Waals surface area contributed by atoms with E-state index >= 15 is 0 Å². The molecule has 0 aliphatic carbocycles. The first kappa shape index (κ1) is 24.9. The zero-order valence-corrected chi connectivity index (χ0v) is 14.7. The minimum atomic E-state index is -2.33. The Morgan fingerprint density at radius 2 is 1.56 bits per heavy atom. The summed E-state index contributed by atoms with van der Waals surface area (Å²) >= 11 is 0. The lowest BCUT2D eigenvalue weighted by atomic mass is 10.0. The number of hydrogen-bond acceptors (Lipinski definition) is 9. The molecule has 0 rings (SSSR count). The molecule has 0 spiro atoms. The highest BCUT2D eigenvalue weighted by atomic mass is 16.4. The number of hydrogen-bond donors (Lipinski definition) is 8. The summed E-state index contributed by atoms with van der Waals surface area (Å²) in [6.45, 7) is 0.789. The van der Waals surface area contributed by atoms with Crippen LogP contribution in [0.5, 0.6) is 0 Å². The van der Waals surface area contributed by atoms with Crippen LogP contribution in [0.15, 0.2) is 0 Å². The Hall–Kier alpha value is -2.12. The lowest BCUT2D eigenvalue weighted by Crippen LogP contribution is -2.52. The number of aliphatic hydroxyl groups is 4. The maximum Gasteiger partial charge on any atom is 0.326 e. The molecule has 0 unspecified atom stereocenters. The van der Waals surface area contributed by atoms with Crippen LogP contribution in [0.25, 0.3) is 0 Å². The second-order valence-electron chi connectivity index (χ2n) is 5.92. The Balaban J connectivity index is 4.51. The Bertz CT molecular complexity index is 527. The van der Waals surface area contributed by atoms with E-state index in [1.165, 1.54) is 6.92 Å². The molecule has 0 radical (unpaired) electrons. The van der Waals surface area contributed by atoms with Crippen molar-refractivity contribution < 1.29 is 49.8 Å². The molecule has 0 bridgehead atoms. The first-order chi connectivity index (χ1) is 12.5. The van der Waals surface area contributed by atoms with Crippen LogP contribution in [0.1, 0.15) is 26.2 Å². The number of carboxylic acids is 2. The number of carbonyl (C=O) groups excluding carboxylic acids is 2. The fourth-order valence-electron chi connectivity index (χ4n) is 1.97. The number of ketones is 1. The molecule has 0 aliphatic heterocycles. The topological polar surface area (TPSA) is 214 Å². The van der Waals surface area contributed by atoms with E-state index in [1.807, 2.05) is 5.32 Å². The van der Waals surface area contributed by atoms with Crippen molar-refractivity contribution in [1.82, 2.24) is 10.6 Å². The molecule has 0 aromatic carbocycles. The number of aliphatic carboxylic acids is 2. The van der Waals surface area contributed by atoms with Crippen molar-refractivity contribution in [1.29, 1.82) is 0 Å². The molecule has 0 aromatic rings. The molecule has 5 atom stereocenters. The minimum absolute atomic E-state index is 0.0601. The van der Waals surface area contributed by atoms with Crippen LogP contribution in [0.4, 0.5) is 0 Å². The van der Waals surface area contributed by atoms with Gasteiger partial charge in [0.2, 0.25) is 0 Å². The van der Waals surface area contributed by atoms with Crippen molar-refractivity contribution in [3.8, 4) is 0 Å². The van der Waals surface area contributed by atoms with Gasteiger partial charge in [-0.05, 0) is 32.7 Å². The number of carbonyl (C=O) groups is 4. The van der Waals surface area contributed by atoms with E-state index in [0.717, 1.165) is 0 Å². The third kappa shape index (κ3) is 8.88. The molecule has 0 saturated heterocycles. The van der Waals surface area contributed by atoms with Crippen LogP contribution in [0.2, 0.25) is 0 Å². The average Bonchev–Trinajstić information content (AvgIpc) is 2.63. The highest BCUT2D eigenvalue weighted by molar-refractivity contribution is 6.38. The zero-order valence-electron chi connectivity index (χ0n) is 14.7. The highest BCUT2D eigenvalue weighted by Gasteiger charge is 2.35. The molecule has 0 saturated carbocycles. The van der Waals surface area contributed by atoms with Gasteiger partial charge >= 0.3 is 11.9 Å². The first-order valence-corrected chi connectivity index (χ1v) is 8.21. The van der Waals surface area contributed by atoms with Gasteiger partial charge in [0.05, 0.1) is 6.61 Å². The van der Waals surface area contributed by atoms with Gasteiger partial charge in [0.15, 0.2) is 6.10 Å². The predicted molar refractivity (Wildman–Crippen MR) is 88.6 cm³/mol. The summed E-state index contributed by atoms with van der Waals surface area (Å²) in [5, 5.41) is 59.1. The molecule has 1 amide bonds. The Morgan fingerprint density at radius 3 is 2.04 bits per heavy atom. The number of carboxylic acid groups (broad SMARTS) is 2. The van der Waals surface area contributed by atoms with Crippen molar-refractivity contribution in [3.05, 3.63) is 0 Å². The van der Waals surface area contributed by atoms with Gasteiger partial charge in [0.1, 0.15) is 24.3 Å². The van der Waals surface area contributed by atoms with Gasteiger partial charge in [-0.2, -0.15) is 0 Å². The van der Waals surface area contributed by atoms with Gasteiger partial charge in [-0.1, -0.05) is 0 Å². The monoisotopic (exact) mass is 394 g/mol. The highest BCUT2D eigenvalue weighted by Crippen LogP contribution is 2.05. The summed E-state index contributed by atoms with van der Waals surface area (Å²) in [4.78, 5) is 45.3. The van der Waals surface area contributed by atoms with Crippen molar-refractivity contribution in [2.45, 2.75) is 56.6 Å². The predicted octanol–water partition coefficient (Wildman–Crippen LogP) is -3.57. The SMILES string of the molecule is C[C@H](NCCCC[C@H](NC(=O)C(=O)[C@H](O)[C@H](O)[C@@H](O)CO)C(=O)O)C(=O)O. The summed E-state index contributed by atoms with van der Waals surface area (Å²) in [7, 11) is 0. The minimum Gasteiger partial charge on any atom is -0.480 e. The van der Waals surface area contributed by atoms with Gasteiger partial charge in [0, 0.05) is 0 Å². The molecule has 0 heterocycles. The van der Waals surface area contributed by atoms with Gasteiger partial charge in [0.25, 0.3) is 11.7 Å². The van der Waals surface area contributed by atoms with E-state index in [9.17, 15) is 29.4 Å². The number of Topliss-reactive ketones (excluding diaryl/α,β-unsaturated/α-hetero) is 1. The maximum atomic E-state index is 11.8. The van der Waals surface area contributed by atoms with E-state index in [0.29, 0.717) is 19.4 Å². The van der Waals surface area contributed by atoms with Crippen LogP contribution in [-0.2, 0) is 19.2 Å². The largest absolute Gasteiger partial charge is 0.480 e. The Labute approximate surface area is 154 Å². The molecule has 0 aliphatic rings. The Morgan fingerprint density at radius 1 is 0.963 bits per heavy atom. The van der Waals surface area contributed by atoms with Gasteiger partial charge in [-0.3, -0.25) is 14.4 Å². The molecule has 156 valence electrons. The van der Waals surface area contributed by atoms with Crippen LogP contribution in [-0.4, -0.2) is 97.8 Å². The number of nitrogens with one attached hydrogen (secondary N) is 2. The third-order valence-corrected chi connectivity index (χ3v) is 3.74. The van der Waals surface area contributed by atoms with E-state index in [2.05, 4.69) is 5.32 Å². The number of rotatable bonds is 14. The molecule has 0 fully saturated rings. The van der Waals surface area contributed by atoms with E-state index < -0.39 is 60.6 Å². The van der Waals surface area contributed by atoms with Gasteiger partial charge in [-0.15, -0.1) is 0 Å². The number of amides is 1. The van der Waals surface area contributed by atoms with Crippen LogP contribution < -0.4 is 10.6 Å². The summed E-state index contributed by atoms with van der Waals surface area (Å²) in [6.07, 6.45) is -5.65. The maximum absolute atomic E-state index is 11.8. The molecule has 27 heavy (non-hydrogen) atoms. The molecule has 0 aromatic heterocycles. The van der Waals surface area contributed by atoms with Crippen molar-refractivity contribution in [2.75, 3.05) is 13.2 Å². The summed E-state index contributed by atoms with van der Waals surface area (Å²) in [5.41, 5.74) is 0. The number of aliphatic hydroxyl groups excluding tert-OH is 4. The summed E-state index contributed by atoms with van der Waals surface area (Å²) in [6, 6.07) is -2.20. The average molecular weight is 394 g/mol. The van der Waals surface area contributed by atoms with Gasteiger partial charge in [-0.25, -0.2) is 4.79 Å². The van der Waals surface area contributed by atoms with Crippen LogP contribution in [0, 0.1) is 0 Å². The second-order valence-corrected chi connectivity index (χ2v) is 5.92. The molecule has 12 nitrogen and oxygen atoms in total. The normalized spacial score (nSPS) is 16.6. The molecule has 8 N–H and O–H groups in total. The first-order valence-electron chi connectivity index (χ1n) is 8.21. The summed E-state index contributed by atoms with van der Waals surface area (Å²) < 4.78 is 0. The van der Waals surface area contributed by atoms with Crippen molar-refractivity contribution in [2.24, 2.45) is 0 Å². The third-order valence-electron chi connectivity index (χ3n) is 3.74. The quantitative estimate of drug-likeness (QED) is 0.106. The molecular weight excluding hydrogens is 368 g/mol. The standard InChI is InChI=1S/C15H26N2O10/c1-7(14(24)25)16-5-3-2-4-8(15(26)27)17-13(23)12(22)11(21)10(20)9(19)6-18/h7-11,16,18-21H,2-6H2,1H3,(H,17,23)(H,24,25)(H,26,27)/t7-,8-,9-,10+,11+/m0/s1. The second kappa shape index (κ2) is 12.3. The lowest BCUT2D eigenvalue weighted by Gasteiger charge is -2.21. The molecule has 12 heteroatoms. The molecular formula is C15H26N2O10. The van der Waals surface area contributed by atoms with Gasteiger partial charge < -0.3 is 41.3 Å². The van der Waals surface area contributed by atoms with E-state index in [1.54, 1.807) is 0 Å². The van der Waals surface area contributed by atoms with E-state index in [4.69, 9.17) is 20.4 Å². The fraction of sp³-hybridized carbons (Fsp3) is 0.733. The smallest absolute Gasteiger partial charge is 0.326 e. The lowest BCUT2D eigenvalue weighted by molar-refractivity contribution is -0.152. The fourth-order valence-corrected chi connectivity index (χ4v) is 1.97. The van der Waals surface area contributed by atoms with Crippen molar-refractivity contribution >= 4 is 23.6 Å². The summed E-state index contributed by atoms with van der Waals surface area (Å²) in [5.74, 6) is -5.47. The Kier molecular flexibility index (Phi) is 11.3.